The number of halogens is 1. The van der Waals surface area contributed by atoms with Crippen LogP contribution in [0.1, 0.15) is 23.9 Å². The van der Waals surface area contributed by atoms with E-state index >= 15 is 0 Å². The highest BCUT2D eigenvalue weighted by atomic mass is 35.5. The zero-order valence-corrected chi connectivity index (χ0v) is 19.0. The maximum Gasteiger partial charge on any atom is 0.184 e. The standard InChI is InChI=1S/C22H23ClN2O3S2/c1-22(9-11-25(16-22)14-17-5-3-2-4-6-17)28-20-8-7-18(13-19(20)23)30(26,27)15-21-24-10-12-29-21/h2-8,10,12-13H,9,11,14-16H2,1H3. The molecular formula is C22H23ClN2O3S2. The molecular weight excluding hydrogens is 440 g/mol. The summed E-state index contributed by atoms with van der Waals surface area (Å²) in [4.78, 5) is 6.59. The minimum atomic E-state index is -3.51. The maximum absolute atomic E-state index is 12.6. The summed E-state index contributed by atoms with van der Waals surface area (Å²) in [6, 6.07) is 15.0. The SMILES string of the molecule is CC1(Oc2ccc(S(=O)(=O)Cc3nccs3)cc2Cl)CCN(Cc2ccccc2)C1. The van der Waals surface area contributed by atoms with Crippen LogP contribution in [0.3, 0.4) is 0 Å². The monoisotopic (exact) mass is 462 g/mol. The van der Waals surface area contributed by atoms with Gasteiger partial charge in [0.1, 0.15) is 22.1 Å². The molecule has 1 unspecified atom stereocenters. The van der Waals surface area contributed by atoms with E-state index in [0.717, 1.165) is 26.1 Å². The molecule has 0 amide bonds. The number of rotatable bonds is 7. The number of thiazole rings is 1. The van der Waals surface area contributed by atoms with Gasteiger partial charge in [-0.1, -0.05) is 41.9 Å². The minimum Gasteiger partial charge on any atom is -0.485 e. The van der Waals surface area contributed by atoms with E-state index in [1.165, 1.54) is 23.0 Å². The molecule has 1 saturated heterocycles. The van der Waals surface area contributed by atoms with E-state index in [4.69, 9.17) is 16.3 Å². The van der Waals surface area contributed by atoms with Gasteiger partial charge in [0, 0.05) is 37.6 Å². The number of ether oxygens (including phenoxy) is 1. The number of sulfone groups is 1. The van der Waals surface area contributed by atoms with Crippen molar-refractivity contribution in [3.05, 3.63) is 75.7 Å². The molecule has 30 heavy (non-hydrogen) atoms. The first-order valence-electron chi connectivity index (χ1n) is 9.69. The Bertz CT molecular complexity index is 1100. The molecule has 1 aliphatic heterocycles. The maximum atomic E-state index is 12.6. The third kappa shape index (κ3) is 5.03. The topological polar surface area (TPSA) is 59.5 Å². The Labute approximate surface area is 186 Å². The van der Waals surface area contributed by atoms with Crippen LogP contribution in [0.2, 0.25) is 5.02 Å². The number of aromatic nitrogens is 1. The largest absolute Gasteiger partial charge is 0.485 e. The van der Waals surface area contributed by atoms with Gasteiger partial charge in [-0.15, -0.1) is 11.3 Å². The predicted molar refractivity (Wildman–Crippen MR) is 120 cm³/mol. The Morgan fingerprint density at radius 2 is 2.03 bits per heavy atom. The Morgan fingerprint density at radius 3 is 2.73 bits per heavy atom. The van der Waals surface area contributed by atoms with Crippen LogP contribution < -0.4 is 4.74 Å². The number of likely N-dealkylation sites (tertiary alicyclic amines) is 1. The molecule has 2 aromatic carbocycles. The average molecular weight is 463 g/mol. The molecule has 0 bridgehead atoms. The van der Waals surface area contributed by atoms with Crippen LogP contribution in [0.25, 0.3) is 0 Å². The molecule has 4 rings (SSSR count). The lowest BCUT2D eigenvalue weighted by molar-refractivity contribution is 0.0951. The van der Waals surface area contributed by atoms with Crippen molar-refractivity contribution in [2.75, 3.05) is 13.1 Å². The predicted octanol–water partition coefficient (Wildman–Crippen LogP) is 4.81. The zero-order valence-electron chi connectivity index (χ0n) is 16.6. The molecule has 3 aromatic rings. The molecule has 0 saturated carbocycles. The summed E-state index contributed by atoms with van der Waals surface area (Å²) in [5.74, 6) is 0.377. The van der Waals surface area contributed by atoms with Gasteiger partial charge < -0.3 is 4.74 Å². The van der Waals surface area contributed by atoms with Gasteiger partial charge >= 0.3 is 0 Å². The van der Waals surface area contributed by atoms with E-state index in [2.05, 4.69) is 28.9 Å². The third-order valence-corrected chi connectivity index (χ3v) is 8.06. The lowest BCUT2D eigenvalue weighted by Crippen LogP contribution is -2.36. The van der Waals surface area contributed by atoms with Gasteiger partial charge in [0.15, 0.2) is 9.84 Å². The minimum absolute atomic E-state index is 0.132. The molecule has 0 radical (unpaired) electrons. The van der Waals surface area contributed by atoms with Gasteiger partial charge in [0.2, 0.25) is 0 Å². The van der Waals surface area contributed by atoms with Crippen molar-refractivity contribution < 1.29 is 13.2 Å². The summed E-state index contributed by atoms with van der Waals surface area (Å²) >= 11 is 7.73. The Balaban J connectivity index is 1.43. The van der Waals surface area contributed by atoms with Crippen LogP contribution in [-0.2, 0) is 22.1 Å². The first kappa shape index (κ1) is 21.3. The van der Waals surface area contributed by atoms with Gasteiger partial charge in [-0.05, 0) is 30.7 Å². The van der Waals surface area contributed by atoms with Crippen molar-refractivity contribution in [2.45, 2.75) is 36.1 Å². The van der Waals surface area contributed by atoms with Crippen LogP contribution in [0.4, 0.5) is 0 Å². The first-order valence-corrected chi connectivity index (χ1v) is 12.6. The van der Waals surface area contributed by atoms with Crippen molar-refractivity contribution in [1.29, 1.82) is 0 Å². The fourth-order valence-electron chi connectivity index (χ4n) is 3.68. The summed E-state index contributed by atoms with van der Waals surface area (Å²) in [7, 11) is -3.51. The highest BCUT2D eigenvalue weighted by molar-refractivity contribution is 7.90. The molecule has 158 valence electrons. The lowest BCUT2D eigenvalue weighted by Gasteiger charge is -2.27. The summed E-state index contributed by atoms with van der Waals surface area (Å²) in [6.45, 7) is 4.66. The fourth-order valence-corrected chi connectivity index (χ4v) is 6.24. The fraction of sp³-hybridized carbons (Fsp3) is 0.318. The second-order valence-corrected chi connectivity index (χ2v) is 11.2. The zero-order chi connectivity index (χ0) is 21.2. The number of nitrogens with zero attached hydrogens (tertiary/aromatic N) is 2. The van der Waals surface area contributed by atoms with Gasteiger partial charge in [-0.25, -0.2) is 13.4 Å². The van der Waals surface area contributed by atoms with E-state index in [1.807, 2.05) is 18.2 Å². The molecule has 2 heterocycles. The Kier molecular flexibility index (Phi) is 6.16. The highest BCUT2D eigenvalue weighted by Gasteiger charge is 2.36. The van der Waals surface area contributed by atoms with Crippen molar-refractivity contribution in [2.24, 2.45) is 0 Å². The van der Waals surface area contributed by atoms with Gasteiger partial charge in [0.05, 0.1) is 9.92 Å². The molecule has 1 aromatic heterocycles. The lowest BCUT2D eigenvalue weighted by atomic mass is 10.1. The molecule has 0 spiro atoms. The van der Waals surface area contributed by atoms with Crippen molar-refractivity contribution in [3.8, 4) is 5.75 Å². The smallest absolute Gasteiger partial charge is 0.184 e. The van der Waals surface area contributed by atoms with Gasteiger partial charge in [0.25, 0.3) is 0 Å². The van der Waals surface area contributed by atoms with Crippen molar-refractivity contribution in [3.63, 3.8) is 0 Å². The molecule has 1 aliphatic rings. The van der Waals surface area contributed by atoms with Crippen LogP contribution in [0.5, 0.6) is 5.75 Å². The number of benzene rings is 2. The number of hydrogen-bond donors (Lipinski definition) is 0. The normalized spacial score (nSPS) is 19.8. The van der Waals surface area contributed by atoms with Crippen LogP contribution in [0.15, 0.2) is 65.0 Å². The summed E-state index contributed by atoms with van der Waals surface area (Å²) in [5.41, 5.74) is 0.897. The Morgan fingerprint density at radius 1 is 1.23 bits per heavy atom. The van der Waals surface area contributed by atoms with E-state index in [1.54, 1.807) is 23.7 Å². The third-order valence-electron chi connectivity index (χ3n) is 5.18. The second kappa shape index (κ2) is 8.67. The molecule has 5 nitrogen and oxygen atoms in total. The van der Waals surface area contributed by atoms with Gasteiger partial charge in [-0.2, -0.15) is 0 Å². The van der Waals surface area contributed by atoms with Gasteiger partial charge in [-0.3, -0.25) is 4.90 Å². The van der Waals surface area contributed by atoms with Crippen molar-refractivity contribution >= 4 is 32.8 Å². The summed E-state index contributed by atoms with van der Waals surface area (Å²) in [5, 5.41) is 2.62. The van der Waals surface area contributed by atoms with E-state index < -0.39 is 9.84 Å². The molecule has 0 aliphatic carbocycles. The second-order valence-electron chi connectivity index (χ2n) is 7.78. The van der Waals surface area contributed by atoms with E-state index in [9.17, 15) is 8.42 Å². The highest BCUT2D eigenvalue weighted by Crippen LogP contribution is 2.34. The van der Waals surface area contributed by atoms with Crippen LogP contribution >= 0.6 is 22.9 Å². The average Bonchev–Trinajstić information content (AvgIpc) is 3.34. The van der Waals surface area contributed by atoms with E-state index in [0.29, 0.717) is 15.8 Å². The number of hydrogen-bond acceptors (Lipinski definition) is 6. The first-order chi connectivity index (χ1) is 14.3. The Hall–Kier alpha value is -1.93. The molecule has 0 N–H and O–H groups in total. The van der Waals surface area contributed by atoms with Crippen molar-refractivity contribution in [1.82, 2.24) is 9.88 Å². The molecule has 1 fully saturated rings. The molecule has 8 heteroatoms. The van der Waals surface area contributed by atoms with Crippen LogP contribution in [0, 0.1) is 0 Å². The summed E-state index contributed by atoms with van der Waals surface area (Å²) < 4.78 is 31.6. The van der Waals surface area contributed by atoms with Crippen LogP contribution in [-0.4, -0.2) is 37.0 Å². The quantitative estimate of drug-likeness (QED) is 0.504. The van der Waals surface area contributed by atoms with E-state index in [-0.39, 0.29) is 16.2 Å². The summed E-state index contributed by atoms with van der Waals surface area (Å²) in [6.07, 6.45) is 2.48. The molecule has 1 atom stereocenters.